The van der Waals surface area contributed by atoms with Crippen molar-refractivity contribution in [1.29, 1.82) is 0 Å². The number of imidazole rings is 1. The van der Waals surface area contributed by atoms with Crippen molar-refractivity contribution in [3.8, 4) is 0 Å². The van der Waals surface area contributed by atoms with Crippen LogP contribution in [-0.4, -0.2) is 33.9 Å². The second-order valence-electron chi connectivity index (χ2n) is 7.08. The molecule has 0 spiro atoms. The predicted molar refractivity (Wildman–Crippen MR) is 111 cm³/mol. The maximum absolute atomic E-state index is 13.4. The summed E-state index contributed by atoms with van der Waals surface area (Å²) in [6.45, 7) is 0.412. The lowest BCUT2D eigenvalue weighted by Gasteiger charge is -2.27. The van der Waals surface area contributed by atoms with Crippen LogP contribution < -0.4 is 11.0 Å². The lowest BCUT2D eigenvalue weighted by Crippen LogP contribution is -2.39. The quantitative estimate of drug-likeness (QED) is 0.683. The largest absolute Gasteiger partial charge is 0.389 e. The Morgan fingerprint density at radius 3 is 2.30 bits per heavy atom. The van der Waals surface area contributed by atoms with Crippen molar-refractivity contribution in [3.05, 3.63) is 70.6 Å². The zero-order valence-corrected chi connectivity index (χ0v) is 16.2. The Bertz CT molecular complexity index is 947. The topological polar surface area (TPSA) is 59.2 Å². The van der Waals surface area contributed by atoms with Crippen molar-refractivity contribution in [2.75, 3.05) is 13.6 Å². The van der Waals surface area contributed by atoms with Crippen LogP contribution in [0.15, 0.2) is 59.4 Å². The third-order valence-electron chi connectivity index (χ3n) is 5.45. The maximum Gasteiger partial charge on any atom is 0.330 e. The van der Waals surface area contributed by atoms with Crippen LogP contribution in [0.1, 0.15) is 36.9 Å². The Hall–Kier alpha value is -2.08. The Kier molecular flexibility index (Phi) is 6.05. The highest BCUT2D eigenvalue weighted by atomic mass is 35.5. The summed E-state index contributed by atoms with van der Waals surface area (Å²) in [6.07, 6.45) is 2.55. The van der Waals surface area contributed by atoms with Crippen LogP contribution in [0.2, 0.25) is 0 Å². The molecule has 1 aromatic heterocycles. The summed E-state index contributed by atoms with van der Waals surface area (Å²) in [5.41, 5.74) is 2.75. The van der Waals surface area contributed by atoms with Gasteiger partial charge in [0.05, 0.1) is 23.2 Å². The number of hydrogen-bond donors (Lipinski definition) is 2. The monoisotopic (exact) mass is 387 g/mol. The highest BCUT2D eigenvalue weighted by Crippen LogP contribution is 2.34. The molecule has 144 valence electrons. The van der Waals surface area contributed by atoms with Gasteiger partial charge in [-0.2, -0.15) is 0 Å². The SMILES string of the molecule is CNC[C@@H](O)[C@H](c1ccccc1)n1c(=O)n(C2CCC2)c2ccccc21.Cl. The summed E-state index contributed by atoms with van der Waals surface area (Å²) < 4.78 is 3.71. The molecule has 27 heavy (non-hydrogen) atoms. The molecular weight excluding hydrogens is 362 g/mol. The molecule has 2 N–H and O–H groups in total. The van der Waals surface area contributed by atoms with Gasteiger partial charge in [0.25, 0.3) is 0 Å². The van der Waals surface area contributed by atoms with Gasteiger partial charge in [0.1, 0.15) is 0 Å². The molecule has 0 amide bonds. The van der Waals surface area contributed by atoms with Crippen molar-refractivity contribution < 1.29 is 5.11 Å². The molecule has 0 bridgehead atoms. The van der Waals surface area contributed by atoms with Gasteiger partial charge in [-0.05, 0) is 44.0 Å². The van der Waals surface area contributed by atoms with Gasteiger partial charge < -0.3 is 10.4 Å². The molecule has 1 aliphatic carbocycles. The van der Waals surface area contributed by atoms with Gasteiger partial charge in [0.15, 0.2) is 0 Å². The molecule has 1 aliphatic rings. The van der Waals surface area contributed by atoms with Gasteiger partial charge >= 0.3 is 5.69 Å². The molecule has 6 heteroatoms. The fraction of sp³-hybridized carbons (Fsp3) is 0.381. The van der Waals surface area contributed by atoms with Crippen LogP contribution in [0.3, 0.4) is 0 Å². The number of para-hydroxylation sites is 2. The summed E-state index contributed by atoms with van der Waals surface area (Å²) >= 11 is 0. The average Bonchev–Trinajstić information content (AvgIpc) is 2.89. The fourth-order valence-electron chi connectivity index (χ4n) is 3.97. The molecule has 2 aromatic carbocycles. The third-order valence-corrected chi connectivity index (χ3v) is 5.45. The van der Waals surface area contributed by atoms with Crippen molar-refractivity contribution >= 4 is 23.4 Å². The number of rotatable bonds is 6. The molecule has 0 aliphatic heterocycles. The second-order valence-corrected chi connectivity index (χ2v) is 7.08. The number of aromatic nitrogens is 2. The van der Waals surface area contributed by atoms with E-state index in [2.05, 4.69) is 5.32 Å². The maximum atomic E-state index is 13.4. The van der Waals surface area contributed by atoms with Crippen LogP contribution in [0, 0.1) is 0 Å². The van der Waals surface area contributed by atoms with Crippen LogP contribution in [-0.2, 0) is 0 Å². The first kappa shape index (κ1) is 19.7. The van der Waals surface area contributed by atoms with Gasteiger partial charge in [0.2, 0.25) is 0 Å². The zero-order chi connectivity index (χ0) is 18.1. The smallest absolute Gasteiger partial charge is 0.330 e. The molecular formula is C21H26ClN3O2. The van der Waals surface area contributed by atoms with E-state index >= 15 is 0 Å². The average molecular weight is 388 g/mol. The number of likely N-dealkylation sites (N-methyl/N-ethyl adjacent to an activating group) is 1. The number of aliphatic hydroxyl groups excluding tert-OH is 1. The first-order valence-electron chi connectivity index (χ1n) is 9.31. The minimum atomic E-state index is -0.708. The van der Waals surface area contributed by atoms with Gasteiger partial charge in [0, 0.05) is 12.6 Å². The third kappa shape index (κ3) is 3.43. The van der Waals surface area contributed by atoms with E-state index in [1.165, 1.54) is 6.42 Å². The molecule has 3 aromatic rings. The highest BCUT2D eigenvalue weighted by molar-refractivity contribution is 5.85. The molecule has 2 atom stereocenters. The van der Waals surface area contributed by atoms with E-state index in [0.717, 1.165) is 29.4 Å². The van der Waals surface area contributed by atoms with E-state index in [9.17, 15) is 9.90 Å². The molecule has 0 saturated heterocycles. The normalized spacial score (nSPS) is 16.5. The number of hydrogen-bond acceptors (Lipinski definition) is 3. The van der Waals surface area contributed by atoms with Crippen LogP contribution in [0.4, 0.5) is 0 Å². The Labute approximate surface area is 165 Å². The molecule has 1 fully saturated rings. The first-order valence-corrected chi connectivity index (χ1v) is 9.31. The number of fused-ring (bicyclic) bond motifs is 1. The molecule has 0 unspecified atom stereocenters. The molecule has 5 nitrogen and oxygen atoms in total. The van der Waals surface area contributed by atoms with Crippen LogP contribution in [0.25, 0.3) is 11.0 Å². The first-order chi connectivity index (χ1) is 12.7. The highest BCUT2D eigenvalue weighted by Gasteiger charge is 2.31. The van der Waals surface area contributed by atoms with E-state index in [1.54, 1.807) is 4.57 Å². The lowest BCUT2D eigenvalue weighted by molar-refractivity contribution is 0.129. The Morgan fingerprint density at radius 1 is 1.07 bits per heavy atom. The van der Waals surface area contributed by atoms with Crippen LogP contribution >= 0.6 is 12.4 Å². The van der Waals surface area contributed by atoms with Crippen molar-refractivity contribution in [1.82, 2.24) is 14.5 Å². The number of halogens is 1. The van der Waals surface area contributed by atoms with E-state index < -0.39 is 12.1 Å². The summed E-state index contributed by atoms with van der Waals surface area (Å²) in [5.74, 6) is 0. The molecule has 4 rings (SSSR count). The summed E-state index contributed by atoms with van der Waals surface area (Å²) in [4.78, 5) is 13.4. The number of nitrogens with one attached hydrogen (secondary N) is 1. The standard InChI is InChI=1S/C21H25N3O2.ClH/c1-22-14-19(25)20(15-8-3-2-4-9-15)24-18-13-6-5-12-17(18)23(21(24)26)16-10-7-11-16;/h2-6,8-9,12-13,16,19-20,22,25H,7,10-11,14H2,1H3;1H/t19-,20+;/m1./s1. The van der Waals surface area contributed by atoms with Crippen molar-refractivity contribution in [2.24, 2.45) is 0 Å². The Morgan fingerprint density at radius 2 is 1.70 bits per heavy atom. The Balaban J connectivity index is 0.00000210. The van der Waals surface area contributed by atoms with Crippen molar-refractivity contribution in [3.63, 3.8) is 0 Å². The van der Waals surface area contributed by atoms with Gasteiger partial charge in [-0.15, -0.1) is 12.4 Å². The summed E-state index contributed by atoms with van der Waals surface area (Å²) in [7, 11) is 1.81. The van der Waals surface area contributed by atoms with E-state index in [0.29, 0.717) is 6.54 Å². The molecule has 0 radical (unpaired) electrons. The minimum Gasteiger partial charge on any atom is -0.389 e. The van der Waals surface area contributed by atoms with E-state index in [4.69, 9.17) is 0 Å². The van der Waals surface area contributed by atoms with Gasteiger partial charge in [-0.1, -0.05) is 42.5 Å². The van der Waals surface area contributed by atoms with Crippen LogP contribution in [0.5, 0.6) is 0 Å². The van der Waals surface area contributed by atoms with Crippen molar-refractivity contribution in [2.45, 2.75) is 37.5 Å². The minimum absolute atomic E-state index is 0. The molecule has 1 heterocycles. The zero-order valence-electron chi connectivity index (χ0n) is 15.4. The van der Waals surface area contributed by atoms with E-state index in [-0.39, 0.29) is 24.1 Å². The summed E-state index contributed by atoms with van der Waals surface area (Å²) in [6, 6.07) is 17.6. The second kappa shape index (κ2) is 8.30. The fourth-order valence-corrected chi connectivity index (χ4v) is 3.97. The molecule has 1 saturated carbocycles. The van der Waals surface area contributed by atoms with E-state index in [1.807, 2.05) is 66.2 Å². The number of nitrogens with zero attached hydrogens (tertiary/aromatic N) is 2. The number of benzene rings is 2. The number of aliphatic hydroxyl groups is 1. The summed E-state index contributed by atoms with van der Waals surface area (Å²) in [5, 5.41) is 13.9. The van der Waals surface area contributed by atoms with Gasteiger partial charge in [-0.3, -0.25) is 9.13 Å². The van der Waals surface area contributed by atoms with Gasteiger partial charge in [-0.25, -0.2) is 4.79 Å². The predicted octanol–water partition coefficient (Wildman–Crippen LogP) is 3.12. The lowest BCUT2D eigenvalue weighted by atomic mass is 9.93.